The molecule has 0 fully saturated rings. The molecule has 136 valence electrons. The predicted octanol–water partition coefficient (Wildman–Crippen LogP) is 4.06. The van der Waals surface area contributed by atoms with E-state index < -0.39 is 6.04 Å². The van der Waals surface area contributed by atoms with E-state index in [9.17, 15) is 10.1 Å². The van der Waals surface area contributed by atoms with Crippen LogP contribution in [0.3, 0.4) is 0 Å². The number of ether oxygens (including phenoxy) is 1. The van der Waals surface area contributed by atoms with E-state index in [-0.39, 0.29) is 5.97 Å². The average Bonchev–Trinajstić information content (AvgIpc) is 2.70. The quantitative estimate of drug-likeness (QED) is 0.672. The zero-order valence-corrected chi connectivity index (χ0v) is 15.4. The van der Waals surface area contributed by atoms with Gasteiger partial charge in [0.25, 0.3) is 0 Å². The highest BCUT2D eigenvalue weighted by Crippen LogP contribution is 2.26. The third-order valence-corrected chi connectivity index (χ3v) is 4.43. The summed E-state index contributed by atoms with van der Waals surface area (Å²) in [6, 6.07) is 15.4. The lowest BCUT2D eigenvalue weighted by molar-refractivity contribution is -0.143. The molecule has 0 radical (unpaired) electrons. The average molecular weight is 359 g/mol. The molecule has 1 atom stereocenters. The van der Waals surface area contributed by atoms with Gasteiger partial charge in [0.1, 0.15) is 6.04 Å². The minimum Gasteiger partial charge on any atom is -0.464 e. The molecule has 0 aliphatic heterocycles. The topological polar surface area (TPSA) is 75.0 Å². The lowest BCUT2D eigenvalue weighted by Gasteiger charge is -2.17. The van der Waals surface area contributed by atoms with Crippen LogP contribution < -0.4 is 5.32 Å². The molecule has 27 heavy (non-hydrogen) atoms. The molecule has 1 heterocycles. The number of esters is 1. The van der Waals surface area contributed by atoms with Crippen LogP contribution in [0.1, 0.15) is 30.5 Å². The van der Waals surface area contributed by atoms with Gasteiger partial charge in [-0.15, -0.1) is 0 Å². The zero-order valence-electron chi connectivity index (χ0n) is 15.4. The van der Waals surface area contributed by atoms with Crippen molar-refractivity contribution in [3.8, 4) is 6.07 Å². The number of carbonyl (C=O) groups is 1. The number of anilines is 1. The zero-order chi connectivity index (χ0) is 19.2. The first-order valence-electron chi connectivity index (χ1n) is 8.90. The van der Waals surface area contributed by atoms with Crippen molar-refractivity contribution in [3.63, 3.8) is 0 Å². The van der Waals surface area contributed by atoms with Crippen molar-refractivity contribution < 1.29 is 9.53 Å². The maximum atomic E-state index is 11.9. The Morgan fingerprint density at radius 1 is 1.19 bits per heavy atom. The molecule has 3 rings (SSSR count). The molecule has 0 saturated carbocycles. The van der Waals surface area contributed by atoms with Crippen LogP contribution in [-0.4, -0.2) is 23.6 Å². The van der Waals surface area contributed by atoms with Crippen molar-refractivity contribution in [2.75, 3.05) is 11.9 Å². The van der Waals surface area contributed by atoms with Crippen LogP contribution in [0.5, 0.6) is 0 Å². The van der Waals surface area contributed by atoms with Crippen molar-refractivity contribution in [1.82, 2.24) is 4.98 Å². The summed E-state index contributed by atoms with van der Waals surface area (Å²) < 4.78 is 5.07. The molecule has 1 unspecified atom stereocenters. The van der Waals surface area contributed by atoms with Crippen molar-refractivity contribution in [2.45, 2.75) is 26.3 Å². The monoisotopic (exact) mass is 359 g/mol. The van der Waals surface area contributed by atoms with Gasteiger partial charge < -0.3 is 10.1 Å². The molecule has 2 aromatic carbocycles. The molecule has 1 aromatic heterocycles. The molecule has 0 bridgehead atoms. The van der Waals surface area contributed by atoms with Gasteiger partial charge >= 0.3 is 5.97 Å². The molecule has 1 N–H and O–H groups in total. The first-order valence-corrected chi connectivity index (χ1v) is 8.90. The maximum absolute atomic E-state index is 11.9. The Balaban J connectivity index is 1.93. The van der Waals surface area contributed by atoms with E-state index in [4.69, 9.17) is 4.74 Å². The smallest absolute Gasteiger partial charge is 0.328 e. The molecule has 0 spiro atoms. The van der Waals surface area contributed by atoms with Crippen LogP contribution >= 0.6 is 0 Å². The largest absolute Gasteiger partial charge is 0.464 e. The molecule has 5 heteroatoms. The number of aromatic nitrogens is 1. The fourth-order valence-electron chi connectivity index (χ4n) is 3.09. The standard InChI is InChI=1S/C22H21N3O2/c1-3-27-22(26)15(2)25-21-10-11-24-14-18(21)12-16-8-9-17(13-23)20-7-5-4-6-19(16)20/h4-11,14-15H,3,12H2,1-2H3,(H,24,25). The van der Waals surface area contributed by atoms with Gasteiger partial charge in [-0.1, -0.05) is 30.3 Å². The Labute approximate surface area is 158 Å². The normalized spacial score (nSPS) is 11.6. The summed E-state index contributed by atoms with van der Waals surface area (Å²) in [4.78, 5) is 16.2. The van der Waals surface area contributed by atoms with Gasteiger partial charge in [-0.05, 0) is 47.9 Å². The van der Waals surface area contributed by atoms with Gasteiger partial charge in [0.15, 0.2) is 0 Å². The highest BCUT2D eigenvalue weighted by atomic mass is 16.5. The summed E-state index contributed by atoms with van der Waals surface area (Å²) in [7, 11) is 0. The maximum Gasteiger partial charge on any atom is 0.328 e. The van der Waals surface area contributed by atoms with E-state index in [1.54, 1.807) is 26.2 Å². The third kappa shape index (κ3) is 4.06. The summed E-state index contributed by atoms with van der Waals surface area (Å²) in [5.74, 6) is -0.288. The molecule has 5 nitrogen and oxygen atoms in total. The number of nitriles is 1. The Bertz CT molecular complexity index is 1010. The Hall–Kier alpha value is -3.39. The van der Waals surface area contributed by atoms with E-state index >= 15 is 0 Å². The Kier molecular flexibility index (Phi) is 5.68. The van der Waals surface area contributed by atoms with Gasteiger partial charge in [-0.2, -0.15) is 5.26 Å². The molecule has 0 saturated heterocycles. The minimum atomic E-state index is -0.455. The van der Waals surface area contributed by atoms with E-state index in [0.29, 0.717) is 18.6 Å². The van der Waals surface area contributed by atoms with E-state index in [2.05, 4.69) is 16.4 Å². The lowest BCUT2D eigenvalue weighted by Crippen LogP contribution is -2.28. The van der Waals surface area contributed by atoms with Gasteiger partial charge in [-0.3, -0.25) is 4.98 Å². The van der Waals surface area contributed by atoms with Crippen molar-refractivity contribution in [2.24, 2.45) is 0 Å². The summed E-state index contributed by atoms with van der Waals surface area (Å²) in [5, 5.41) is 14.5. The minimum absolute atomic E-state index is 0.288. The van der Waals surface area contributed by atoms with Gasteiger partial charge in [0.2, 0.25) is 0 Å². The Morgan fingerprint density at radius 2 is 1.96 bits per heavy atom. The fraction of sp³-hybridized carbons (Fsp3) is 0.227. The van der Waals surface area contributed by atoms with Crippen molar-refractivity contribution >= 4 is 22.4 Å². The van der Waals surface area contributed by atoms with Crippen LogP contribution in [-0.2, 0) is 16.0 Å². The summed E-state index contributed by atoms with van der Waals surface area (Å²) in [5.41, 5.74) is 3.58. The lowest BCUT2D eigenvalue weighted by atomic mass is 9.95. The van der Waals surface area contributed by atoms with Gasteiger partial charge in [0, 0.05) is 24.5 Å². The highest BCUT2D eigenvalue weighted by Gasteiger charge is 2.16. The number of hydrogen-bond donors (Lipinski definition) is 1. The molecular formula is C22H21N3O2. The second kappa shape index (κ2) is 8.33. The number of pyridine rings is 1. The summed E-state index contributed by atoms with van der Waals surface area (Å²) >= 11 is 0. The van der Waals surface area contributed by atoms with Crippen LogP contribution in [0.2, 0.25) is 0 Å². The summed E-state index contributed by atoms with van der Waals surface area (Å²) in [6.45, 7) is 3.92. The predicted molar refractivity (Wildman–Crippen MR) is 105 cm³/mol. The molecule has 0 amide bonds. The van der Waals surface area contributed by atoms with Crippen LogP contribution in [0, 0.1) is 11.3 Å². The number of hydrogen-bond acceptors (Lipinski definition) is 5. The number of rotatable bonds is 6. The highest BCUT2D eigenvalue weighted by molar-refractivity contribution is 5.91. The van der Waals surface area contributed by atoms with Crippen LogP contribution in [0.25, 0.3) is 10.8 Å². The first kappa shape index (κ1) is 18.4. The second-order valence-electron chi connectivity index (χ2n) is 6.26. The molecule has 0 aliphatic rings. The van der Waals surface area contributed by atoms with Crippen LogP contribution in [0.4, 0.5) is 5.69 Å². The van der Waals surface area contributed by atoms with Crippen molar-refractivity contribution in [3.05, 3.63) is 71.5 Å². The van der Waals surface area contributed by atoms with E-state index in [0.717, 1.165) is 27.6 Å². The number of nitrogens with one attached hydrogen (secondary N) is 1. The Morgan fingerprint density at radius 3 is 2.70 bits per heavy atom. The van der Waals surface area contributed by atoms with Crippen LogP contribution in [0.15, 0.2) is 54.9 Å². The van der Waals surface area contributed by atoms with Crippen molar-refractivity contribution in [1.29, 1.82) is 5.26 Å². The summed E-state index contributed by atoms with van der Waals surface area (Å²) in [6.07, 6.45) is 4.13. The number of carbonyl (C=O) groups excluding carboxylic acids is 1. The number of fused-ring (bicyclic) bond motifs is 1. The first-order chi connectivity index (χ1) is 13.1. The van der Waals surface area contributed by atoms with E-state index in [1.807, 2.05) is 42.5 Å². The molecule has 0 aliphatic carbocycles. The van der Waals surface area contributed by atoms with Gasteiger partial charge in [-0.25, -0.2) is 4.79 Å². The second-order valence-corrected chi connectivity index (χ2v) is 6.26. The number of nitrogens with zero attached hydrogens (tertiary/aromatic N) is 2. The number of benzene rings is 2. The fourth-order valence-corrected chi connectivity index (χ4v) is 3.09. The van der Waals surface area contributed by atoms with E-state index in [1.165, 1.54) is 0 Å². The third-order valence-electron chi connectivity index (χ3n) is 4.43. The SMILES string of the molecule is CCOC(=O)C(C)Nc1ccncc1Cc1ccc(C#N)c2ccccc12. The molecule has 3 aromatic rings. The molecular weight excluding hydrogens is 338 g/mol. The van der Waals surface area contributed by atoms with Gasteiger partial charge in [0.05, 0.1) is 18.2 Å².